The van der Waals surface area contributed by atoms with Crippen LogP contribution < -0.4 is 10.6 Å². The molecule has 0 radical (unpaired) electrons. The van der Waals surface area contributed by atoms with Gasteiger partial charge in [-0.05, 0) is 23.6 Å². The second kappa shape index (κ2) is 6.13. The molecule has 1 aromatic heterocycles. The first kappa shape index (κ1) is 15.3. The van der Waals surface area contributed by atoms with Gasteiger partial charge in [-0.1, -0.05) is 26.0 Å². The number of nitro groups is 1. The smallest absolute Gasteiger partial charge is 0.315 e. The van der Waals surface area contributed by atoms with Crippen LogP contribution in [0.4, 0.5) is 17.1 Å². The number of hydrogen-bond acceptors (Lipinski definition) is 5. The Hall–Kier alpha value is -2.08. The maximum absolute atomic E-state index is 11.3. The predicted molar refractivity (Wildman–Crippen MR) is 88.5 cm³/mol. The van der Waals surface area contributed by atoms with Crippen molar-refractivity contribution in [1.29, 1.82) is 0 Å². The van der Waals surface area contributed by atoms with Crippen molar-refractivity contribution < 1.29 is 4.92 Å². The molecule has 0 aliphatic carbocycles. The van der Waals surface area contributed by atoms with Crippen molar-refractivity contribution in [1.82, 2.24) is 0 Å². The van der Waals surface area contributed by atoms with Crippen LogP contribution in [0.25, 0.3) is 0 Å². The summed E-state index contributed by atoms with van der Waals surface area (Å²) in [4.78, 5) is 12.2. The van der Waals surface area contributed by atoms with E-state index in [0.717, 1.165) is 0 Å². The average Bonchev–Trinajstić information content (AvgIpc) is 2.99. The van der Waals surface area contributed by atoms with Crippen molar-refractivity contribution in [3.8, 4) is 0 Å². The van der Waals surface area contributed by atoms with E-state index < -0.39 is 0 Å². The maximum atomic E-state index is 11.3. The van der Waals surface area contributed by atoms with Gasteiger partial charge in [0.2, 0.25) is 0 Å². The summed E-state index contributed by atoms with van der Waals surface area (Å²) >= 11 is 1.70. The Labute approximate surface area is 128 Å². The Morgan fingerprint density at radius 3 is 2.52 bits per heavy atom. The van der Waals surface area contributed by atoms with Crippen molar-refractivity contribution in [2.24, 2.45) is 0 Å². The number of benzene rings is 1. The number of nitrogens with zero attached hydrogens (tertiary/aromatic N) is 1. The first-order valence-corrected chi connectivity index (χ1v) is 7.56. The normalized spacial score (nSPS) is 11.2. The highest BCUT2D eigenvalue weighted by atomic mass is 32.1. The lowest BCUT2D eigenvalue weighted by Crippen LogP contribution is -2.26. The fraction of sp³-hybridized carbons (Fsp3) is 0.333. The van der Waals surface area contributed by atoms with Gasteiger partial charge in [-0.3, -0.25) is 10.1 Å². The maximum Gasteiger partial charge on any atom is 0.315 e. The topological polar surface area (TPSA) is 67.2 Å². The average molecular weight is 305 g/mol. The molecule has 2 aromatic rings. The third-order valence-corrected chi connectivity index (χ3v) is 4.63. The van der Waals surface area contributed by atoms with Gasteiger partial charge in [0.15, 0.2) is 0 Å². The molecule has 0 unspecified atom stereocenters. The van der Waals surface area contributed by atoms with Crippen molar-refractivity contribution in [2.75, 3.05) is 24.2 Å². The Kier molecular flexibility index (Phi) is 4.47. The van der Waals surface area contributed by atoms with Crippen LogP contribution in [0.1, 0.15) is 18.7 Å². The van der Waals surface area contributed by atoms with E-state index in [1.165, 1.54) is 4.88 Å². The Balaban J connectivity index is 2.22. The summed E-state index contributed by atoms with van der Waals surface area (Å²) in [6, 6.07) is 9.35. The van der Waals surface area contributed by atoms with Gasteiger partial charge < -0.3 is 10.6 Å². The summed E-state index contributed by atoms with van der Waals surface area (Å²) in [6.07, 6.45) is 0. The quantitative estimate of drug-likeness (QED) is 0.623. The molecule has 0 saturated heterocycles. The van der Waals surface area contributed by atoms with Gasteiger partial charge in [0.05, 0.1) is 4.92 Å². The fourth-order valence-corrected chi connectivity index (χ4v) is 3.00. The molecule has 112 valence electrons. The van der Waals surface area contributed by atoms with E-state index in [4.69, 9.17) is 0 Å². The summed E-state index contributed by atoms with van der Waals surface area (Å²) < 4.78 is 0. The third kappa shape index (κ3) is 3.33. The number of nitrogens with one attached hydrogen (secondary N) is 2. The molecule has 21 heavy (non-hydrogen) atoms. The zero-order chi connectivity index (χ0) is 15.5. The number of para-hydroxylation sites is 1. The zero-order valence-corrected chi connectivity index (χ0v) is 13.2. The second-order valence-corrected chi connectivity index (χ2v) is 6.37. The highest BCUT2D eigenvalue weighted by Crippen LogP contribution is 2.34. The molecule has 0 spiro atoms. The van der Waals surface area contributed by atoms with Gasteiger partial charge in [-0.25, -0.2) is 0 Å². The predicted octanol–water partition coefficient (Wildman–Crippen LogP) is 4.09. The number of rotatable bonds is 6. The van der Waals surface area contributed by atoms with Crippen LogP contribution in [0.5, 0.6) is 0 Å². The lowest BCUT2D eigenvalue weighted by atomic mass is 9.91. The molecular weight excluding hydrogens is 286 g/mol. The van der Waals surface area contributed by atoms with E-state index in [0.29, 0.717) is 17.9 Å². The molecule has 0 amide bonds. The minimum atomic E-state index is -0.355. The molecule has 6 heteroatoms. The molecule has 0 atom stereocenters. The number of thiophene rings is 1. The van der Waals surface area contributed by atoms with Crippen molar-refractivity contribution in [2.45, 2.75) is 19.3 Å². The van der Waals surface area contributed by atoms with Crippen LogP contribution >= 0.6 is 11.3 Å². The number of hydrogen-bond donors (Lipinski definition) is 2. The zero-order valence-electron chi connectivity index (χ0n) is 12.3. The lowest BCUT2D eigenvalue weighted by molar-refractivity contribution is -0.383. The Morgan fingerprint density at radius 1 is 1.24 bits per heavy atom. The molecule has 1 aromatic carbocycles. The molecular formula is C15H19N3O2S. The molecule has 0 fully saturated rings. The van der Waals surface area contributed by atoms with Gasteiger partial charge in [-0.2, -0.15) is 0 Å². The second-order valence-electron chi connectivity index (χ2n) is 5.42. The summed E-state index contributed by atoms with van der Waals surface area (Å²) in [5.74, 6) is 0. The molecule has 0 aliphatic rings. The first-order chi connectivity index (χ1) is 9.95. The van der Waals surface area contributed by atoms with E-state index in [1.54, 1.807) is 36.6 Å². The summed E-state index contributed by atoms with van der Waals surface area (Å²) in [5, 5.41) is 19.4. The minimum absolute atomic E-state index is 0.0852. The number of nitro benzene ring substituents is 1. The van der Waals surface area contributed by atoms with E-state index >= 15 is 0 Å². The number of anilines is 2. The highest BCUT2D eigenvalue weighted by molar-refractivity contribution is 7.10. The molecule has 0 aliphatic heterocycles. The van der Waals surface area contributed by atoms with Gasteiger partial charge >= 0.3 is 5.69 Å². The molecule has 1 heterocycles. The van der Waals surface area contributed by atoms with Crippen molar-refractivity contribution in [3.05, 3.63) is 50.7 Å². The largest absolute Gasteiger partial charge is 0.382 e. The third-order valence-electron chi connectivity index (χ3n) is 3.40. The van der Waals surface area contributed by atoms with Crippen LogP contribution in [0, 0.1) is 10.1 Å². The first-order valence-electron chi connectivity index (χ1n) is 6.69. The van der Waals surface area contributed by atoms with Gasteiger partial charge in [0, 0.05) is 23.9 Å². The van der Waals surface area contributed by atoms with Crippen LogP contribution in [-0.4, -0.2) is 18.5 Å². The summed E-state index contributed by atoms with van der Waals surface area (Å²) in [6.45, 7) is 4.88. The molecule has 0 bridgehead atoms. The van der Waals surface area contributed by atoms with E-state index in [1.807, 2.05) is 11.4 Å². The Morgan fingerprint density at radius 2 is 1.95 bits per heavy atom. The van der Waals surface area contributed by atoms with Crippen LogP contribution in [0.2, 0.25) is 0 Å². The summed E-state index contributed by atoms with van der Waals surface area (Å²) in [7, 11) is 1.68. The lowest BCUT2D eigenvalue weighted by Gasteiger charge is -2.24. The van der Waals surface area contributed by atoms with Crippen LogP contribution in [0.3, 0.4) is 0 Å². The monoisotopic (exact) mass is 305 g/mol. The highest BCUT2D eigenvalue weighted by Gasteiger charge is 2.24. The Bertz CT molecular complexity index is 624. The standard InChI is InChI=1S/C15H19N3O2S/c1-15(2,13-8-5-9-21-13)10-17-12-7-4-6-11(16-3)14(12)18(19)20/h4-9,16-17H,10H2,1-3H3. The minimum Gasteiger partial charge on any atom is -0.382 e. The fourth-order valence-electron chi connectivity index (χ4n) is 2.15. The summed E-state index contributed by atoms with van der Waals surface area (Å²) in [5.41, 5.74) is 1.05. The van der Waals surface area contributed by atoms with E-state index in [2.05, 4.69) is 30.5 Å². The molecule has 0 saturated carbocycles. The molecule has 5 nitrogen and oxygen atoms in total. The molecule has 2 N–H and O–H groups in total. The van der Waals surface area contributed by atoms with Gasteiger partial charge in [0.25, 0.3) is 0 Å². The van der Waals surface area contributed by atoms with Crippen LogP contribution in [0.15, 0.2) is 35.7 Å². The van der Waals surface area contributed by atoms with E-state index in [9.17, 15) is 10.1 Å². The van der Waals surface area contributed by atoms with Crippen molar-refractivity contribution in [3.63, 3.8) is 0 Å². The van der Waals surface area contributed by atoms with Gasteiger partial charge in [0.1, 0.15) is 11.4 Å². The molecule has 2 rings (SSSR count). The van der Waals surface area contributed by atoms with Gasteiger partial charge in [-0.15, -0.1) is 11.3 Å². The SMILES string of the molecule is CNc1cccc(NCC(C)(C)c2cccs2)c1[N+](=O)[O-]. The van der Waals surface area contributed by atoms with E-state index in [-0.39, 0.29) is 16.0 Å². The van der Waals surface area contributed by atoms with Crippen molar-refractivity contribution >= 4 is 28.4 Å². The van der Waals surface area contributed by atoms with Crippen LogP contribution in [-0.2, 0) is 5.41 Å².